The van der Waals surface area contributed by atoms with Gasteiger partial charge in [0.25, 0.3) is 0 Å². The molecule has 0 aliphatic carbocycles. The van der Waals surface area contributed by atoms with Gasteiger partial charge in [-0.05, 0) is 54.8 Å². The summed E-state index contributed by atoms with van der Waals surface area (Å²) in [6.07, 6.45) is 0. The summed E-state index contributed by atoms with van der Waals surface area (Å²) in [5, 5.41) is 9.34. The Morgan fingerprint density at radius 3 is 2.61 bits per heavy atom. The minimum atomic E-state index is -0.525. The van der Waals surface area contributed by atoms with Crippen LogP contribution in [0.4, 0.5) is 5.95 Å². The molecule has 0 spiro atoms. The molecule has 7 nitrogen and oxygen atoms in total. The van der Waals surface area contributed by atoms with Gasteiger partial charge >= 0.3 is 5.97 Å². The molecule has 0 amide bonds. The fraction of sp³-hybridized carbons (Fsp3) is 0.207. The van der Waals surface area contributed by atoms with Crippen LogP contribution < -0.4 is 10.1 Å². The van der Waals surface area contributed by atoms with E-state index in [9.17, 15) is 4.79 Å². The molecule has 38 heavy (non-hydrogen) atoms. The first kappa shape index (κ1) is 25.9. The Bertz CT molecular complexity index is 1450. The van der Waals surface area contributed by atoms with Crippen molar-refractivity contribution in [3.8, 4) is 5.75 Å². The standard InChI is InChI=1S/C29H27ClN4O3S/c1-3-36-27(35)25-19(2)31-28-32-29(38-18-21-8-5-4-6-9-21)33-34(28)26(25)22-10-7-11-24(16-22)37-17-20-12-14-23(30)15-13-20/h4-16,26H,3,17-18H2,1-2H3,(H,31,32,33). The van der Waals surface area contributed by atoms with Crippen molar-refractivity contribution in [1.82, 2.24) is 14.8 Å². The zero-order valence-electron chi connectivity index (χ0n) is 21.1. The van der Waals surface area contributed by atoms with Crippen LogP contribution in [0.5, 0.6) is 5.75 Å². The number of rotatable bonds is 9. The predicted octanol–water partition coefficient (Wildman–Crippen LogP) is 6.65. The maximum absolute atomic E-state index is 13.1. The van der Waals surface area contributed by atoms with E-state index in [-0.39, 0.29) is 6.61 Å². The number of benzene rings is 3. The first-order chi connectivity index (χ1) is 18.5. The Kier molecular flexibility index (Phi) is 8.00. The fourth-order valence-electron chi connectivity index (χ4n) is 4.22. The van der Waals surface area contributed by atoms with Crippen LogP contribution in [0.1, 0.15) is 36.6 Å². The molecule has 194 valence electrons. The molecular formula is C29H27ClN4O3S. The Morgan fingerprint density at radius 1 is 1.05 bits per heavy atom. The average Bonchev–Trinajstić information content (AvgIpc) is 3.34. The van der Waals surface area contributed by atoms with Crippen molar-refractivity contribution in [3.63, 3.8) is 0 Å². The van der Waals surface area contributed by atoms with E-state index in [4.69, 9.17) is 31.2 Å². The van der Waals surface area contributed by atoms with Crippen molar-refractivity contribution >= 4 is 35.3 Å². The third-order valence-electron chi connectivity index (χ3n) is 6.03. The van der Waals surface area contributed by atoms with Crippen molar-refractivity contribution in [2.75, 3.05) is 11.9 Å². The summed E-state index contributed by atoms with van der Waals surface area (Å²) in [5.41, 5.74) is 4.19. The summed E-state index contributed by atoms with van der Waals surface area (Å²) < 4.78 is 13.3. The van der Waals surface area contributed by atoms with E-state index in [0.29, 0.717) is 39.8 Å². The molecule has 1 atom stereocenters. The lowest BCUT2D eigenvalue weighted by Crippen LogP contribution is -2.29. The van der Waals surface area contributed by atoms with Crippen LogP contribution in [0.15, 0.2) is 95.3 Å². The van der Waals surface area contributed by atoms with Gasteiger partial charge in [0.1, 0.15) is 18.4 Å². The molecule has 5 rings (SSSR count). The first-order valence-electron chi connectivity index (χ1n) is 12.3. The molecule has 0 fully saturated rings. The van der Waals surface area contributed by atoms with E-state index in [0.717, 1.165) is 16.9 Å². The van der Waals surface area contributed by atoms with E-state index in [1.54, 1.807) is 23.4 Å². The van der Waals surface area contributed by atoms with Crippen LogP contribution in [0.3, 0.4) is 0 Å². The van der Waals surface area contributed by atoms with Gasteiger partial charge in [-0.3, -0.25) is 0 Å². The highest BCUT2D eigenvalue weighted by Crippen LogP contribution is 2.38. The molecule has 1 aromatic heterocycles. The van der Waals surface area contributed by atoms with E-state index in [2.05, 4.69) is 17.4 Å². The Labute approximate surface area is 230 Å². The Morgan fingerprint density at radius 2 is 1.84 bits per heavy atom. The van der Waals surface area contributed by atoms with Gasteiger partial charge < -0.3 is 14.8 Å². The minimum Gasteiger partial charge on any atom is -0.489 e. The van der Waals surface area contributed by atoms with E-state index >= 15 is 0 Å². The molecule has 1 aliphatic rings. The number of halogens is 1. The second kappa shape index (κ2) is 11.8. The maximum Gasteiger partial charge on any atom is 0.338 e. The van der Waals surface area contributed by atoms with Crippen LogP contribution in [-0.2, 0) is 21.9 Å². The molecule has 0 saturated carbocycles. The topological polar surface area (TPSA) is 78.3 Å². The second-order valence-electron chi connectivity index (χ2n) is 8.71. The molecule has 0 bridgehead atoms. The highest BCUT2D eigenvalue weighted by atomic mass is 35.5. The van der Waals surface area contributed by atoms with Crippen molar-refractivity contribution < 1.29 is 14.3 Å². The number of aromatic nitrogens is 3. The molecule has 1 unspecified atom stereocenters. The number of hydrogen-bond acceptors (Lipinski definition) is 7. The number of ether oxygens (including phenoxy) is 2. The summed E-state index contributed by atoms with van der Waals surface area (Å²) in [5.74, 6) is 1.59. The van der Waals surface area contributed by atoms with E-state index in [1.165, 1.54) is 5.56 Å². The van der Waals surface area contributed by atoms with Gasteiger partial charge in [-0.15, -0.1) is 5.10 Å². The number of fused-ring (bicyclic) bond motifs is 1. The lowest BCUT2D eigenvalue weighted by Gasteiger charge is -2.28. The van der Waals surface area contributed by atoms with Crippen LogP contribution in [0.25, 0.3) is 0 Å². The quantitative estimate of drug-likeness (QED) is 0.186. The summed E-state index contributed by atoms with van der Waals surface area (Å²) in [7, 11) is 0. The van der Waals surface area contributed by atoms with Crippen molar-refractivity contribution in [1.29, 1.82) is 0 Å². The molecule has 0 radical (unpaired) electrons. The van der Waals surface area contributed by atoms with Gasteiger partial charge in [0.2, 0.25) is 11.1 Å². The lowest BCUT2D eigenvalue weighted by molar-refractivity contribution is -0.139. The average molecular weight is 547 g/mol. The number of allylic oxidation sites excluding steroid dienone is 1. The second-order valence-corrected chi connectivity index (χ2v) is 10.1. The van der Waals surface area contributed by atoms with Crippen LogP contribution in [0, 0.1) is 0 Å². The number of carbonyl (C=O) groups is 1. The van der Waals surface area contributed by atoms with Crippen molar-refractivity contribution in [2.24, 2.45) is 0 Å². The van der Waals surface area contributed by atoms with Crippen molar-refractivity contribution in [3.05, 3.63) is 112 Å². The Balaban J connectivity index is 1.45. The van der Waals surface area contributed by atoms with Gasteiger partial charge in [-0.2, -0.15) is 4.98 Å². The van der Waals surface area contributed by atoms with Gasteiger partial charge in [0.05, 0.1) is 12.2 Å². The molecule has 1 aliphatic heterocycles. The summed E-state index contributed by atoms with van der Waals surface area (Å²) >= 11 is 7.54. The lowest BCUT2D eigenvalue weighted by atomic mass is 9.95. The Hall–Kier alpha value is -3.75. The van der Waals surface area contributed by atoms with E-state index < -0.39 is 12.0 Å². The van der Waals surface area contributed by atoms with Gasteiger partial charge in [-0.1, -0.05) is 78.0 Å². The fourth-order valence-corrected chi connectivity index (χ4v) is 5.13. The number of nitrogens with one attached hydrogen (secondary N) is 1. The molecule has 1 N–H and O–H groups in total. The summed E-state index contributed by atoms with van der Waals surface area (Å²) in [6, 6.07) is 24.9. The van der Waals surface area contributed by atoms with Crippen molar-refractivity contribution in [2.45, 2.75) is 37.4 Å². The molecule has 2 heterocycles. The normalized spacial score (nSPS) is 14.6. The highest BCUT2D eigenvalue weighted by Gasteiger charge is 2.35. The van der Waals surface area contributed by atoms with Gasteiger partial charge in [-0.25, -0.2) is 9.48 Å². The third-order valence-corrected chi connectivity index (χ3v) is 7.19. The minimum absolute atomic E-state index is 0.273. The zero-order chi connectivity index (χ0) is 26.5. The first-order valence-corrected chi connectivity index (χ1v) is 13.6. The van der Waals surface area contributed by atoms with Crippen LogP contribution in [0.2, 0.25) is 5.02 Å². The highest BCUT2D eigenvalue weighted by molar-refractivity contribution is 7.98. The molecule has 9 heteroatoms. The van der Waals surface area contributed by atoms with Gasteiger partial charge in [0, 0.05) is 16.5 Å². The molecular weight excluding hydrogens is 520 g/mol. The number of esters is 1. The van der Waals surface area contributed by atoms with E-state index in [1.807, 2.05) is 73.7 Å². The van der Waals surface area contributed by atoms with Gasteiger partial charge in [0.15, 0.2) is 0 Å². The predicted molar refractivity (Wildman–Crippen MR) is 149 cm³/mol. The largest absolute Gasteiger partial charge is 0.489 e. The van der Waals surface area contributed by atoms with Crippen LogP contribution in [-0.4, -0.2) is 27.3 Å². The number of anilines is 1. The molecule has 3 aromatic carbocycles. The maximum atomic E-state index is 13.1. The SMILES string of the molecule is CCOC(=O)C1=C(C)Nc2nc(SCc3ccccc3)nn2C1c1cccc(OCc2ccc(Cl)cc2)c1. The third kappa shape index (κ3) is 5.87. The number of hydrogen-bond donors (Lipinski definition) is 1. The zero-order valence-corrected chi connectivity index (χ0v) is 22.6. The summed E-state index contributed by atoms with van der Waals surface area (Å²) in [6.45, 7) is 4.31. The molecule has 0 saturated heterocycles. The number of carbonyl (C=O) groups excluding carboxylic acids is 1. The van der Waals surface area contributed by atoms with Crippen LogP contribution >= 0.6 is 23.4 Å². The smallest absolute Gasteiger partial charge is 0.338 e. The molecule has 4 aromatic rings. The number of thioether (sulfide) groups is 1. The monoisotopic (exact) mass is 546 g/mol. The summed E-state index contributed by atoms with van der Waals surface area (Å²) in [4.78, 5) is 17.8. The number of nitrogens with zero attached hydrogens (tertiary/aromatic N) is 3.